The summed E-state index contributed by atoms with van der Waals surface area (Å²) < 4.78 is 7.40. The fourth-order valence-corrected chi connectivity index (χ4v) is 2.11. The number of ether oxygens (including phenoxy) is 1. The molecular weight excluding hydrogens is 238 g/mol. The summed E-state index contributed by atoms with van der Waals surface area (Å²) in [5.41, 5.74) is 1.16. The van der Waals surface area contributed by atoms with Crippen molar-refractivity contribution in [1.82, 2.24) is 15.1 Å². The smallest absolute Gasteiger partial charge is 0.0640 e. The molecule has 0 aliphatic heterocycles. The van der Waals surface area contributed by atoms with Crippen LogP contribution in [0.3, 0.4) is 0 Å². The molecule has 0 fully saturated rings. The van der Waals surface area contributed by atoms with Crippen LogP contribution < -0.4 is 5.32 Å². The normalized spacial score (nSPS) is 14.8. The Morgan fingerprint density at radius 2 is 2.11 bits per heavy atom. The lowest BCUT2D eigenvalue weighted by Crippen LogP contribution is -2.35. The van der Waals surface area contributed by atoms with Gasteiger partial charge in [0, 0.05) is 31.8 Å². The van der Waals surface area contributed by atoms with Crippen molar-refractivity contribution in [3.05, 3.63) is 18.0 Å². The molecule has 0 amide bonds. The Kier molecular flexibility index (Phi) is 7.10. The van der Waals surface area contributed by atoms with Gasteiger partial charge in [-0.25, -0.2) is 0 Å². The van der Waals surface area contributed by atoms with Crippen molar-refractivity contribution in [3.63, 3.8) is 0 Å². The molecule has 1 heterocycles. The molecule has 1 aromatic heterocycles. The molecule has 0 spiro atoms. The van der Waals surface area contributed by atoms with Crippen molar-refractivity contribution in [1.29, 1.82) is 0 Å². The van der Waals surface area contributed by atoms with E-state index in [-0.39, 0.29) is 6.10 Å². The van der Waals surface area contributed by atoms with Crippen LogP contribution in [0.4, 0.5) is 0 Å². The molecule has 4 heteroatoms. The molecule has 0 saturated heterocycles. The highest BCUT2D eigenvalue weighted by atomic mass is 16.5. The minimum Gasteiger partial charge on any atom is -0.382 e. The van der Waals surface area contributed by atoms with Gasteiger partial charge in [0.25, 0.3) is 0 Å². The molecule has 2 unspecified atom stereocenters. The Hall–Kier alpha value is -0.870. The largest absolute Gasteiger partial charge is 0.382 e. The van der Waals surface area contributed by atoms with E-state index < -0.39 is 0 Å². The number of rotatable bonds is 9. The minimum atomic E-state index is 0.279. The first kappa shape index (κ1) is 16.2. The van der Waals surface area contributed by atoms with E-state index in [2.05, 4.69) is 50.4 Å². The third-order valence-electron chi connectivity index (χ3n) is 3.35. The molecule has 110 valence electrons. The van der Waals surface area contributed by atoms with Crippen LogP contribution in [0.5, 0.6) is 0 Å². The maximum Gasteiger partial charge on any atom is 0.0640 e. The van der Waals surface area contributed by atoms with Crippen LogP contribution in [-0.4, -0.2) is 35.6 Å². The van der Waals surface area contributed by atoms with E-state index in [0.29, 0.717) is 12.1 Å². The van der Waals surface area contributed by atoms with Crippen molar-refractivity contribution in [2.24, 2.45) is 0 Å². The van der Waals surface area contributed by atoms with Gasteiger partial charge in [-0.05, 0) is 46.2 Å². The Labute approximate surface area is 117 Å². The molecule has 0 aliphatic carbocycles. The summed E-state index contributed by atoms with van der Waals surface area (Å²) in [6.07, 6.45) is 5.48. The Balaban J connectivity index is 2.58. The van der Waals surface area contributed by atoms with Gasteiger partial charge in [-0.3, -0.25) is 4.68 Å². The molecule has 1 aromatic rings. The van der Waals surface area contributed by atoms with E-state index in [1.54, 1.807) is 7.11 Å². The van der Waals surface area contributed by atoms with Crippen molar-refractivity contribution in [3.8, 4) is 0 Å². The average molecular weight is 267 g/mol. The Morgan fingerprint density at radius 1 is 1.37 bits per heavy atom. The number of methoxy groups -OCH3 is 1. The van der Waals surface area contributed by atoms with Crippen LogP contribution in [0, 0.1) is 0 Å². The number of hydrogen-bond acceptors (Lipinski definition) is 3. The van der Waals surface area contributed by atoms with Gasteiger partial charge in [0.05, 0.1) is 11.8 Å². The van der Waals surface area contributed by atoms with Gasteiger partial charge in [0.2, 0.25) is 0 Å². The standard InChI is InChI=1S/C15H29N3O/c1-6-8-16-15(10-13(4)19-5)11-14-7-9-18(17-14)12(2)3/h7,9,12-13,15-16H,6,8,10-11H2,1-5H3. The van der Waals surface area contributed by atoms with E-state index in [1.165, 1.54) is 0 Å². The van der Waals surface area contributed by atoms with Crippen LogP contribution >= 0.6 is 0 Å². The molecule has 1 rings (SSSR count). The molecule has 19 heavy (non-hydrogen) atoms. The van der Waals surface area contributed by atoms with Crippen molar-refractivity contribution in [2.75, 3.05) is 13.7 Å². The average Bonchev–Trinajstić information content (AvgIpc) is 2.84. The second kappa shape index (κ2) is 8.33. The molecular formula is C15H29N3O. The third-order valence-corrected chi connectivity index (χ3v) is 3.35. The summed E-state index contributed by atoms with van der Waals surface area (Å²) in [5, 5.41) is 8.22. The summed E-state index contributed by atoms with van der Waals surface area (Å²) in [4.78, 5) is 0. The van der Waals surface area contributed by atoms with Crippen molar-refractivity contribution >= 4 is 0 Å². The lowest BCUT2D eigenvalue weighted by atomic mass is 10.0. The van der Waals surface area contributed by atoms with E-state index >= 15 is 0 Å². The first-order chi connectivity index (χ1) is 9.06. The van der Waals surface area contributed by atoms with Crippen molar-refractivity contribution < 1.29 is 4.74 Å². The summed E-state index contributed by atoms with van der Waals surface area (Å²) >= 11 is 0. The Bertz CT molecular complexity index is 349. The summed E-state index contributed by atoms with van der Waals surface area (Å²) in [6, 6.07) is 2.98. The van der Waals surface area contributed by atoms with Crippen LogP contribution in [-0.2, 0) is 11.2 Å². The predicted octanol–water partition coefficient (Wildman–Crippen LogP) is 2.80. The lowest BCUT2D eigenvalue weighted by molar-refractivity contribution is 0.100. The van der Waals surface area contributed by atoms with E-state index in [9.17, 15) is 0 Å². The number of aromatic nitrogens is 2. The minimum absolute atomic E-state index is 0.279. The monoisotopic (exact) mass is 267 g/mol. The molecule has 0 aliphatic rings. The van der Waals surface area contributed by atoms with Crippen LogP contribution in [0.1, 0.15) is 52.3 Å². The van der Waals surface area contributed by atoms with Crippen LogP contribution in [0.25, 0.3) is 0 Å². The number of nitrogens with one attached hydrogen (secondary N) is 1. The summed E-state index contributed by atoms with van der Waals surface area (Å²) in [6.45, 7) is 9.66. The first-order valence-electron chi connectivity index (χ1n) is 7.37. The van der Waals surface area contributed by atoms with Gasteiger partial charge < -0.3 is 10.1 Å². The SMILES string of the molecule is CCCNC(Cc1ccn(C(C)C)n1)CC(C)OC. The molecule has 0 radical (unpaired) electrons. The maximum absolute atomic E-state index is 5.38. The van der Waals surface area contributed by atoms with Gasteiger partial charge in [-0.1, -0.05) is 6.92 Å². The first-order valence-corrected chi connectivity index (χ1v) is 7.37. The van der Waals surface area contributed by atoms with E-state index in [1.807, 2.05) is 4.68 Å². The molecule has 1 N–H and O–H groups in total. The highest BCUT2D eigenvalue weighted by Gasteiger charge is 2.14. The Morgan fingerprint density at radius 3 is 2.63 bits per heavy atom. The van der Waals surface area contributed by atoms with E-state index in [4.69, 9.17) is 4.74 Å². The van der Waals surface area contributed by atoms with Gasteiger partial charge >= 0.3 is 0 Å². The second-order valence-corrected chi connectivity index (χ2v) is 5.52. The predicted molar refractivity (Wildman–Crippen MR) is 79.5 cm³/mol. The summed E-state index contributed by atoms with van der Waals surface area (Å²) in [7, 11) is 1.77. The molecule has 0 bridgehead atoms. The summed E-state index contributed by atoms with van der Waals surface area (Å²) in [5.74, 6) is 0. The molecule has 4 nitrogen and oxygen atoms in total. The van der Waals surface area contributed by atoms with Gasteiger partial charge in [0.1, 0.15) is 0 Å². The zero-order valence-corrected chi connectivity index (χ0v) is 13.0. The number of hydrogen-bond donors (Lipinski definition) is 1. The molecule has 0 saturated carbocycles. The van der Waals surface area contributed by atoms with E-state index in [0.717, 1.165) is 31.5 Å². The molecule has 0 aromatic carbocycles. The zero-order chi connectivity index (χ0) is 14.3. The second-order valence-electron chi connectivity index (χ2n) is 5.52. The molecule has 2 atom stereocenters. The number of nitrogens with zero attached hydrogens (tertiary/aromatic N) is 2. The highest BCUT2D eigenvalue weighted by molar-refractivity contribution is 5.02. The fraction of sp³-hybridized carbons (Fsp3) is 0.800. The third kappa shape index (κ3) is 5.74. The van der Waals surface area contributed by atoms with Gasteiger partial charge in [-0.2, -0.15) is 5.10 Å². The van der Waals surface area contributed by atoms with Gasteiger partial charge in [-0.15, -0.1) is 0 Å². The van der Waals surface area contributed by atoms with Crippen molar-refractivity contribution in [2.45, 2.75) is 65.1 Å². The van der Waals surface area contributed by atoms with Gasteiger partial charge in [0.15, 0.2) is 0 Å². The fourth-order valence-electron chi connectivity index (χ4n) is 2.11. The lowest BCUT2D eigenvalue weighted by Gasteiger charge is -2.21. The highest BCUT2D eigenvalue weighted by Crippen LogP contribution is 2.10. The van der Waals surface area contributed by atoms with Crippen LogP contribution in [0.15, 0.2) is 12.3 Å². The zero-order valence-electron chi connectivity index (χ0n) is 13.0. The topological polar surface area (TPSA) is 39.1 Å². The van der Waals surface area contributed by atoms with Crippen LogP contribution in [0.2, 0.25) is 0 Å². The maximum atomic E-state index is 5.38. The quantitative estimate of drug-likeness (QED) is 0.748.